The number of methoxy groups -OCH3 is 1. The van der Waals surface area contributed by atoms with Crippen LogP contribution in [-0.4, -0.2) is 18.9 Å². The smallest absolute Gasteiger partial charge is 0.188 e. The molecule has 1 aliphatic carbocycles. The summed E-state index contributed by atoms with van der Waals surface area (Å²) in [6, 6.07) is 6.23. The van der Waals surface area contributed by atoms with Crippen LogP contribution in [0, 0.1) is 20.8 Å². The topological polar surface area (TPSA) is 57.4 Å². The van der Waals surface area contributed by atoms with Crippen LogP contribution in [0.3, 0.4) is 0 Å². The number of benzene rings is 1. The molecule has 146 valence electrons. The van der Waals surface area contributed by atoms with E-state index < -0.39 is 0 Å². The molecule has 0 saturated heterocycles. The summed E-state index contributed by atoms with van der Waals surface area (Å²) in [5, 5.41) is 0. The molecule has 0 bridgehead atoms. The third-order valence-electron chi connectivity index (χ3n) is 5.92. The Balaban J connectivity index is 1.93. The van der Waals surface area contributed by atoms with Gasteiger partial charge in [-0.3, -0.25) is 4.98 Å². The monoisotopic (exact) mass is 368 g/mol. The summed E-state index contributed by atoms with van der Waals surface area (Å²) >= 11 is 0. The fourth-order valence-corrected chi connectivity index (χ4v) is 4.14. The zero-order valence-corrected chi connectivity index (χ0v) is 17.1. The second kappa shape index (κ2) is 8.75. The fourth-order valence-electron chi connectivity index (χ4n) is 4.14. The number of ether oxygens (including phenoxy) is 2. The van der Waals surface area contributed by atoms with Gasteiger partial charge in [-0.15, -0.1) is 0 Å². The first kappa shape index (κ1) is 19.7. The summed E-state index contributed by atoms with van der Waals surface area (Å²) in [5.41, 5.74) is 14.2. The molecule has 1 aromatic carbocycles. The van der Waals surface area contributed by atoms with Crippen molar-refractivity contribution in [1.82, 2.24) is 4.98 Å². The highest BCUT2D eigenvalue weighted by Gasteiger charge is 2.22. The highest BCUT2D eigenvalue weighted by Crippen LogP contribution is 2.37. The molecular formula is C23H32N2O2. The molecule has 4 nitrogen and oxygen atoms in total. The highest BCUT2D eigenvalue weighted by molar-refractivity contribution is 5.56. The van der Waals surface area contributed by atoms with Gasteiger partial charge in [0.15, 0.2) is 6.79 Å². The van der Waals surface area contributed by atoms with Crippen molar-refractivity contribution in [3.63, 3.8) is 0 Å². The van der Waals surface area contributed by atoms with Crippen molar-refractivity contribution in [2.45, 2.75) is 65.2 Å². The normalized spacial score (nSPS) is 15.1. The molecule has 0 spiro atoms. The van der Waals surface area contributed by atoms with E-state index in [4.69, 9.17) is 20.2 Å². The van der Waals surface area contributed by atoms with Crippen LogP contribution in [0.25, 0.3) is 0 Å². The molecule has 27 heavy (non-hydrogen) atoms. The van der Waals surface area contributed by atoms with Gasteiger partial charge in [-0.25, -0.2) is 0 Å². The Kier molecular flexibility index (Phi) is 6.38. The summed E-state index contributed by atoms with van der Waals surface area (Å²) in [7, 11) is 1.65. The predicted molar refractivity (Wildman–Crippen MR) is 110 cm³/mol. The maximum absolute atomic E-state index is 6.13. The van der Waals surface area contributed by atoms with Crippen molar-refractivity contribution in [1.29, 1.82) is 0 Å². The lowest BCUT2D eigenvalue weighted by Gasteiger charge is -2.24. The van der Waals surface area contributed by atoms with Crippen LogP contribution < -0.4 is 10.5 Å². The van der Waals surface area contributed by atoms with Crippen molar-refractivity contribution in [3.8, 4) is 5.75 Å². The van der Waals surface area contributed by atoms with E-state index in [-0.39, 0.29) is 6.79 Å². The van der Waals surface area contributed by atoms with Crippen LogP contribution in [0.1, 0.15) is 71.7 Å². The maximum atomic E-state index is 6.13. The molecule has 0 aliphatic heterocycles. The summed E-state index contributed by atoms with van der Waals surface area (Å²) < 4.78 is 10.9. The SMILES string of the molecule is COCOc1ccc(Cc2c(C)cc(N)c(C)c2C)nc1C1CCCCC1. The summed E-state index contributed by atoms with van der Waals surface area (Å²) in [4.78, 5) is 5.07. The van der Waals surface area contributed by atoms with Gasteiger partial charge in [-0.05, 0) is 74.1 Å². The second-order valence-corrected chi connectivity index (χ2v) is 7.76. The number of anilines is 1. The molecular weight excluding hydrogens is 336 g/mol. The molecule has 2 aromatic rings. The zero-order chi connectivity index (χ0) is 19.4. The minimum absolute atomic E-state index is 0.260. The molecule has 0 amide bonds. The molecule has 2 N–H and O–H groups in total. The van der Waals surface area contributed by atoms with E-state index in [2.05, 4.69) is 39.0 Å². The van der Waals surface area contributed by atoms with Gasteiger partial charge in [0.05, 0.1) is 5.69 Å². The van der Waals surface area contributed by atoms with Crippen LogP contribution in [0.5, 0.6) is 5.75 Å². The maximum Gasteiger partial charge on any atom is 0.188 e. The van der Waals surface area contributed by atoms with Gasteiger partial charge in [-0.2, -0.15) is 0 Å². The quantitative estimate of drug-likeness (QED) is 0.562. The third-order valence-corrected chi connectivity index (χ3v) is 5.92. The van der Waals surface area contributed by atoms with Crippen molar-refractivity contribution >= 4 is 5.69 Å². The Morgan fingerprint density at radius 2 is 1.81 bits per heavy atom. The van der Waals surface area contributed by atoms with Gasteiger partial charge in [0.1, 0.15) is 5.75 Å². The minimum Gasteiger partial charge on any atom is -0.466 e. The van der Waals surface area contributed by atoms with E-state index in [0.29, 0.717) is 5.92 Å². The molecule has 1 saturated carbocycles. The predicted octanol–water partition coefficient (Wildman–Crippen LogP) is 5.21. The lowest BCUT2D eigenvalue weighted by Crippen LogP contribution is -2.12. The zero-order valence-electron chi connectivity index (χ0n) is 17.1. The van der Waals surface area contributed by atoms with Gasteiger partial charge >= 0.3 is 0 Å². The minimum atomic E-state index is 0.260. The average Bonchev–Trinajstić information content (AvgIpc) is 2.69. The van der Waals surface area contributed by atoms with E-state index in [0.717, 1.165) is 29.2 Å². The van der Waals surface area contributed by atoms with Crippen molar-refractivity contribution in [2.75, 3.05) is 19.6 Å². The lowest BCUT2D eigenvalue weighted by molar-refractivity contribution is 0.0496. The number of nitrogens with two attached hydrogens (primary N) is 1. The van der Waals surface area contributed by atoms with Gasteiger partial charge in [0.2, 0.25) is 0 Å². The van der Waals surface area contributed by atoms with Crippen molar-refractivity contribution in [2.24, 2.45) is 0 Å². The van der Waals surface area contributed by atoms with Gasteiger partial charge in [0, 0.05) is 30.8 Å². The first-order valence-electron chi connectivity index (χ1n) is 9.98. The van der Waals surface area contributed by atoms with E-state index >= 15 is 0 Å². The first-order valence-corrected chi connectivity index (χ1v) is 9.98. The summed E-state index contributed by atoms with van der Waals surface area (Å²) in [6.07, 6.45) is 7.08. The van der Waals surface area contributed by atoms with Gasteiger partial charge in [0.25, 0.3) is 0 Å². The Morgan fingerprint density at radius 3 is 2.52 bits per heavy atom. The molecule has 1 aromatic heterocycles. The van der Waals surface area contributed by atoms with E-state index in [1.807, 2.05) is 0 Å². The lowest BCUT2D eigenvalue weighted by atomic mass is 9.86. The van der Waals surface area contributed by atoms with Gasteiger partial charge in [-0.1, -0.05) is 19.3 Å². The number of rotatable bonds is 6. The van der Waals surface area contributed by atoms with Crippen LogP contribution >= 0.6 is 0 Å². The summed E-state index contributed by atoms with van der Waals surface area (Å²) in [5.74, 6) is 1.36. The number of hydrogen-bond donors (Lipinski definition) is 1. The Bertz CT molecular complexity index is 795. The highest BCUT2D eigenvalue weighted by atomic mass is 16.7. The standard InChI is InChI=1S/C23H32N2O2/c1-15-12-21(24)17(3)16(2)20(15)13-19-10-11-22(27-14-26-4)23(25-19)18-8-6-5-7-9-18/h10-12,18H,5-9,13-14,24H2,1-4H3. The number of hydrogen-bond acceptors (Lipinski definition) is 4. The number of pyridine rings is 1. The number of aromatic nitrogens is 1. The molecule has 0 unspecified atom stereocenters. The van der Waals surface area contributed by atoms with Crippen molar-refractivity contribution in [3.05, 3.63) is 51.8 Å². The molecule has 0 radical (unpaired) electrons. The molecule has 1 aliphatic rings. The summed E-state index contributed by atoms with van der Waals surface area (Å²) in [6.45, 7) is 6.65. The molecule has 4 heteroatoms. The van der Waals surface area contributed by atoms with Crippen LogP contribution in [0.15, 0.2) is 18.2 Å². The van der Waals surface area contributed by atoms with Crippen LogP contribution in [-0.2, 0) is 11.2 Å². The van der Waals surface area contributed by atoms with E-state index in [9.17, 15) is 0 Å². The Labute approximate surface area is 163 Å². The Hall–Kier alpha value is -2.07. The molecule has 0 atom stereocenters. The fraction of sp³-hybridized carbons (Fsp3) is 0.522. The van der Waals surface area contributed by atoms with Crippen LogP contribution in [0.4, 0.5) is 5.69 Å². The van der Waals surface area contributed by atoms with Crippen molar-refractivity contribution < 1.29 is 9.47 Å². The van der Waals surface area contributed by atoms with E-state index in [1.165, 1.54) is 54.4 Å². The third kappa shape index (κ3) is 4.44. The molecule has 3 rings (SSSR count). The number of nitrogen functional groups attached to an aromatic ring is 1. The van der Waals surface area contributed by atoms with Gasteiger partial charge < -0.3 is 15.2 Å². The average molecular weight is 369 g/mol. The molecule has 1 fully saturated rings. The Morgan fingerprint density at radius 1 is 1.07 bits per heavy atom. The van der Waals surface area contributed by atoms with Crippen LogP contribution in [0.2, 0.25) is 0 Å². The number of aryl methyl sites for hydroxylation is 1. The molecule has 1 heterocycles. The second-order valence-electron chi connectivity index (χ2n) is 7.76. The first-order chi connectivity index (χ1) is 13.0. The largest absolute Gasteiger partial charge is 0.466 e. The number of nitrogens with zero attached hydrogens (tertiary/aromatic N) is 1. The van der Waals surface area contributed by atoms with E-state index in [1.54, 1.807) is 7.11 Å².